The lowest BCUT2D eigenvalue weighted by Gasteiger charge is -1.95. The molecule has 13 heavy (non-hydrogen) atoms. The molecule has 3 nitrogen and oxygen atoms in total. The second-order valence-electron chi connectivity index (χ2n) is 2.91. The second-order valence-corrected chi connectivity index (χ2v) is 2.91. The molecule has 0 bridgehead atoms. The average Bonchev–Trinajstić information content (AvgIpc) is 2.04. The molecule has 1 aromatic rings. The minimum Gasteiger partial charge on any atom is -0.300 e. The van der Waals surface area contributed by atoms with Crippen molar-refractivity contribution < 1.29 is 4.79 Å². The highest BCUT2D eigenvalue weighted by Crippen LogP contribution is 2.06. The van der Waals surface area contributed by atoms with Gasteiger partial charge in [0.05, 0.1) is 0 Å². The maximum atomic E-state index is 10.7. The van der Waals surface area contributed by atoms with E-state index in [1.165, 1.54) is 0 Å². The van der Waals surface area contributed by atoms with E-state index in [4.69, 9.17) is 0 Å². The number of Topliss-reactive ketones (excluding diaryl/α,β-unsaturated/α-hetero) is 1. The fraction of sp³-hybridized carbons (Fsp3) is 0.300. The number of aliphatic imine (C=N–C) groups is 1. The van der Waals surface area contributed by atoms with Gasteiger partial charge < -0.3 is 0 Å². The van der Waals surface area contributed by atoms with E-state index >= 15 is 0 Å². The van der Waals surface area contributed by atoms with E-state index in [1.807, 2.05) is 25.1 Å². The molecule has 0 aromatic carbocycles. The zero-order chi connectivity index (χ0) is 9.68. The summed E-state index contributed by atoms with van der Waals surface area (Å²) in [6, 6.07) is 5.51. The van der Waals surface area contributed by atoms with Gasteiger partial charge in [0, 0.05) is 18.3 Å². The van der Waals surface area contributed by atoms with Crippen LogP contribution in [0.5, 0.6) is 0 Å². The number of nitrogens with zero attached hydrogens (tertiary/aromatic N) is 2. The van der Waals surface area contributed by atoms with Crippen LogP contribution in [0.2, 0.25) is 0 Å². The fourth-order valence-corrected chi connectivity index (χ4v) is 1.02. The van der Waals surface area contributed by atoms with Crippen LogP contribution in [0.1, 0.15) is 20.3 Å². The summed E-state index contributed by atoms with van der Waals surface area (Å²) in [4.78, 5) is 19.0. The zero-order valence-electron chi connectivity index (χ0n) is 7.82. The molecule has 0 aliphatic carbocycles. The van der Waals surface area contributed by atoms with E-state index in [9.17, 15) is 4.79 Å². The van der Waals surface area contributed by atoms with Crippen molar-refractivity contribution in [3.63, 3.8) is 0 Å². The van der Waals surface area contributed by atoms with Gasteiger partial charge in [-0.2, -0.15) is 0 Å². The van der Waals surface area contributed by atoms with E-state index in [0.29, 0.717) is 12.2 Å². The van der Waals surface area contributed by atoms with Crippen LogP contribution in [0.4, 0.5) is 5.82 Å². The number of aromatic nitrogens is 1. The molecule has 0 radical (unpaired) electrons. The molecule has 0 spiro atoms. The summed E-state index contributed by atoms with van der Waals surface area (Å²) < 4.78 is 0. The van der Waals surface area contributed by atoms with E-state index < -0.39 is 0 Å². The van der Waals surface area contributed by atoms with Gasteiger partial charge in [-0.25, -0.2) is 9.98 Å². The highest BCUT2D eigenvalue weighted by atomic mass is 16.1. The Bertz CT molecular complexity index is 317. The molecule has 0 fully saturated rings. The molecule has 0 aliphatic heterocycles. The third-order valence-electron chi connectivity index (χ3n) is 1.46. The third-order valence-corrected chi connectivity index (χ3v) is 1.46. The van der Waals surface area contributed by atoms with Gasteiger partial charge in [-0.3, -0.25) is 4.79 Å². The van der Waals surface area contributed by atoms with E-state index in [2.05, 4.69) is 9.98 Å². The standard InChI is InChI=1S/C10H12N2O/c1-8(7-9(2)13)12-10-5-3-4-6-11-10/h3-6H,7H2,1-2H3. The van der Waals surface area contributed by atoms with Gasteiger partial charge in [0.25, 0.3) is 0 Å². The predicted molar refractivity (Wildman–Crippen MR) is 52.3 cm³/mol. The first-order chi connectivity index (χ1) is 6.18. The number of hydrogen-bond donors (Lipinski definition) is 0. The number of carbonyl (C=O) groups is 1. The molecule has 0 amide bonds. The third kappa shape index (κ3) is 3.60. The predicted octanol–water partition coefficient (Wildman–Crippen LogP) is 2.15. The summed E-state index contributed by atoms with van der Waals surface area (Å²) in [7, 11) is 0. The largest absolute Gasteiger partial charge is 0.300 e. The normalized spacial score (nSPS) is 11.4. The van der Waals surface area contributed by atoms with E-state index in [1.54, 1.807) is 13.1 Å². The van der Waals surface area contributed by atoms with Crippen LogP contribution in [0.25, 0.3) is 0 Å². The lowest BCUT2D eigenvalue weighted by atomic mass is 10.2. The fourth-order valence-electron chi connectivity index (χ4n) is 1.02. The Hall–Kier alpha value is -1.51. The Balaban J connectivity index is 2.71. The SMILES string of the molecule is CC(=O)CC(C)=Nc1ccccn1. The minimum absolute atomic E-state index is 0.122. The van der Waals surface area contributed by atoms with Gasteiger partial charge in [0.15, 0.2) is 5.82 Å². The van der Waals surface area contributed by atoms with Gasteiger partial charge in [0.1, 0.15) is 5.78 Å². The van der Waals surface area contributed by atoms with Gasteiger partial charge in [0.2, 0.25) is 0 Å². The Morgan fingerprint density at radius 3 is 2.77 bits per heavy atom. The first kappa shape index (κ1) is 9.58. The highest BCUT2D eigenvalue weighted by molar-refractivity contribution is 6.00. The number of pyridine rings is 1. The summed E-state index contributed by atoms with van der Waals surface area (Å²) in [5.41, 5.74) is 0.797. The maximum absolute atomic E-state index is 10.7. The van der Waals surface area contributed by atoms with Crippen molar-refractivity contribution in [3.05, 3.63) is 24.4 Å². The van der Waals surface area contributed by atoms with Crippen molar-refractivity contribution in [2.45, 2.75) is 20.3 Å². The first-order valence-corrected chi connectivity index (χ1v) is 4.13. The van der Waals surface area contributed by atoms with Gasteiger partial charge in [-0.1, -0.05) is 6.07 Å². The topological polar surface area (TPSA) is 42.3 Å². The van der Waals surface area contributed by atoms with Crippen LogP contribution in [-0.4, -0.2) is 16.5 Å². The molecule has 3 heteroatoms. The molecule has 0 saturated carbocycles. The number of rotatable bonds is 3. The van der Waals surface area contributed by atoms with E-state index in [-0.39, 0.29) is 5.78 Å². The number of hydrogen-bond acceptors (Lipinski definition) is 3. The van der Waals surface area contributed by atoms with Gasteiger partial charge >= 0.3 is 0 Å². The van der Waals surface area contributed by atoms with Crippen LogP contribution in [0, 0.1) is 0 Å². The molecule has 68 valence electrons. The average molecular weight is 176 g/mol. The number of carbonyl (C=O) groups excluding carboxylic acids is 1. The molecule has 0 saturated heterocycles. The lowest BCUT2D eigenvalue weighted by molar-refractivity contribution is -0.115. The van der Waals surface area contributed by atoms with Crippen molar-refractivity contribution in [1.82, 2.24) is 4.98 Å². The Morgan fingerprint density at radius 1 is 1.46 bits per heavy atom. The van der Waals surface area contributed by atoms with Crippen LogP contribution in [0.15, 0.2) is 29.4 Å². The van der Waals surface area contributed by atoms with Crippen LogP contribution in [0.3, 0.4) is 0 Å². The molecule has 1 heterocycles. The van der Waals surface area contributed by atoms with E-state index in [0.717, 1.165) is 5.71 Å². The molecular weight excluding hydrogens is 164 g/mol. The second kappa shape index (κ2) is 4.50. The maximum Gasteiger partial charge on any atom is 0.151 e. The van der Waals surface area contributed by atoms with Crippen molar-refractivity contribution >= 4 is 17.3 Å². The Labute approximate surface area is 77.5 Å². The van der Waals surface area contributed by atoms with Crippen molar-refractivity contribution in [2.75, 3.05) is 0 Å². The first-order valence-electron chi connectivity index (χ1n) is 4.13. The van der Waals surface area contributed by atoms with Gasteiger partial charge in [-0.15, -0.1) is 0 Å². The summed E-state index contributed by atoms with van der Waals surface area (Å²) in [5, 5.41) is 0. The summed E-state index contributed by atoms with van der Waals surface area (Å²) >= 11 is 0. The summed E-state index contributed by atoms with van der Waals surface area (Å²) in [6.07, 6.45) is 2.08. The zero-order valence-corrected chi connectivity index (χ0v) is 7.82. The summed E-state index contributed by atoms with van der Waals surface area (Å²) in [6.45, 7) is 3.38. The molecule has 0 N–H and O–H groups in total. The van der Waals surface area contributed by atoms with Crippen LogP contribution >= 0.6 is 0 Å². The number of ketones is 1. The molecule has 0 unspecified atom stereocenters. The minimum atomic E-state index is 0.122. The monoisotopic (exact) mass is 176 g/mol. The molecule has 0 atom stereocenters. The Morgan fingerprint density at radius 2 is 2.23 bits per heavy atom. The van der Waals surface area contributed by atoms with Crippen molar-refractivity contribution in [3.8, 4) is 0 Å². The van der Waals surface area contributed by atoms with Crippen LogP contribution < -0.4 is 0 Å². The molecular formula is C10H12N2O. The quantitative estimate of drug-likeness (QED) is 0.662. The Kier molecular flexibility index (Phi) is 3.31. The van der Waals surface area contributed by atoms with Crippen molar-refractivity contribution in [1.29, 1.82) is 0 Å². The lowest BCUT2D eigenvalue weighted by Crippen LogP contribution is -1.99. The highest BCUT2D eigenvalue weighted by Gasteiger charge is 1.97. The molecule has 1 rings (SSSR count). The van der Waals surface area contributed by atoms with Gasteiger partial charge in [-0.05, 0) is 26.0 Å². The molecule has 0 aliphatic rings. The van der Waals surface area contributed by atoms with Crippen molar-refractivity contribution in [2.24, 2.45) is 4.99 Å². The smallest absolute Gasteiger partial charge is 0.151 e. The molecule has 1 aromatic heterocycles. The summed E-state index contributed by atoms with van der Waals surface area (Å²) in [5.74, 6) is 0.776. The van der Waals surface area contributed by atoms with Crippen LogP contribution in [-0.2, 0) is 4.79 Å².